The lowest BCUT2D eigenvalue weighted by atomic mass is 10.2. The van der Waals surface area contributed by atoms with Gasteiger partial charge in [0.15, 0.2) is 0 Å². The van der Waals surface area contributed by atoms with Crippen molar-refractivity contribution in [2.24, 2.45) is 5.10 Å². The van der Waals surface area contributed by atoms with Crippen LogP contribution in [-0.4, -0.2) is 23.0 Å². The van der Waals surface area contributed by atoms with Crippen molar-refractivity contribution in [3.63, 3.8) is 0 Å². The van der Waals surface area contributed by atoms with Crippen LogP contribution in [0, 0.1) is 4.77 Å². The second-order valence-corrected chi connectivity index (χ2v) is 5.00. The molecule has 5 nitrogen and oxygen atoms in total. The number of benzene rings is 2. The van der Waals surface area contributed by atoms with E-state index in [4.69, 9.17) is 17.0 Å². The molecule has 3 aromatic rings. The van der Waals surface area contributed by atoms with Gasteiger partial charge in [0.2, 0.25) is 4.77 Å². The Kier molecular flexibility index (Phi) is 3.84. The first kappa shape index (κ1) is 14.2. The standard InChI is InChI=1S/C16H13N3O2S/c1-21-12-6-4-5-11(9-12)10-17-19-15(20)13-7-2-3-8-14(13)18-16(19)22/h2-10H,1H3,(H,18,22)/b17-10-. The second kappa shape index (κ2) is 5.95. The third-order valence-electron chi connectivity index (χ3n) is 3.20. The highest BCUT2D eigenvalue weighted by molar-refractivity contribution is 7.71. The van der Waals surface area contributed by atoms with E-state index in [2.05, 4.69) is 10.1 Å². The third-order valence-corrected chi connectivity index (χ3v) is 3.47. The number of H-pyrrole nitrogens is 1. The molecule has 110 valence electrons. The van der Waals surface area contributed by atoms with Crippen LogP contribution in [-0.2, 0) is 0 Å². The minimum absolute atomic E-state index is 0.251. The highest BCUT2D eigenvalue weighted by Crippen LogP contribution is 2.11. The quantitative estimate of drug-likeness (QED) is 0.597. The van der Waals surface area contributed by atoms with Crippen LogP contribution in [0.5, 0.6) is 5.75 Å². The fourth-order valence-corrected chi connectivity index (χ4v) is 2.34. The Hall–Kier alpha value is -2.73. The smallest absolute Gasteiger partial charge is 0.282 e. The Morgan fingerprint density at radius 1 is 1.23 bits per heavy atom. The van der Waals surface area contributed by atoms with Crippen molar-refractivity contribution in [1.82, 2.24) is 9.66 Å². The molecule has 1 N–H and O–H groups in total. The van der Waals surface area contributed by atoms with Crippen molar-refractivity contribution in [1.29, 1.82) is 0 Å². The van der Waals surface area contributed by atoms with Gasteiger partial charge in [-0.15, -0.1) is 0 Å². The number of hydrogen-bond acceptors (Lipinski definition) is 4. The van der Waals surface area contributed by atoms with E-state index in [1.807, 2.05) is 36.4 Å². The lowest BCUT2D eigenvalue weighted by molar-refractivity contribution is 0.414. The number of para-hydroxylation sites is 1. The van der Waals surface area contributed by atoms with Gasteiger partial charge in [-0.1, -0.05) is 24.3 Å². The minimum Gasteiger partial charge on any atom is -0.497 e. The normalized spacial score (nSPS) is 11.1. The molecule has 2 aromatic carbocycles. The van der Waals surface area contributed by atoms with Crippen LogP contribution in [0.25, 0.3) is 10.9 Å². The molecule has 0 saturated heterocycles. The molecule has 1 heterocycles. The van der Waals surface area contributed by atoms with Crippen LogP contribution in [0.4, 0.5) is 0 Å². The molecule has 0 radical (unpaired) electrons. The van der Waals surface area contributed by atoms with Crippen LogP contribution in [0.15, 0.2) is 58.4 Å². The average molecular weight is 311 g/mol. The maximum Gasteiger partial charge on any atom is 0.282 e. The Morgan fingerprint density at radius 2 is 2.05 bits per heavy atom. The number of fused-ring (bicyclic) bond motifs is 1. The summed E-state index contributed by atoms with van der Waals surface area (Å²) >= 11 is 5.20. The molecule has 0 atom stereocenters. The van der Waals surface area contributed by atoms with Gasteiger partial charge in [-0.2, -0.15) is 9.78 Å². The lowest BCUT2D eigenvalue weighted by Crippen LogP contribution is -2.18. The van der Waals surface area contributed by atoms with Crippen molar-refractivity contribution in [2.45, 2.75) is 0 Å². The third kappa shape index (κ3) is 2.68. The first-order valence-corrected chi connectivity index (χ1v) is 7.02. The Morgan fingerprint density at radius 3 is 2.86 bits per heavy atom. The molecule has 0 aliphatic carbocycles. The average Bonchev–Trinajstić information content (AvgIpc) is 2.55. The molecule has 0 fully saturated rings. The number of methoxy groups -OCH3 is 1. The number of nitrogens with zero attached hydrogens (tertiary/aromatic N) is 2. The summed E-state index contributed by atoms with van der Waals surface area (Å²) in [6.45, 7) is 0. The van der Waals surface area contributed by atoms with Gasteiger partial charge in [0.05, 0.1) is 24.2 Å². The molecule has 0 saturated carbocycles. The van der Waals surface area contributed by atoms with E-state index in [1.54, 1.807) is 25.5 Å². The maximum atomic E-state index is 12.4. The summed E-state index contributed by atoms with van der Waals surface area (Å²) in [6.07, 6.45) is 1.57. The van der Waals surface area contributed by atoms with Crippen molar-refractivity contribution in [3.05, 3.63) is 69.2 Å². The first-order valence-electron chi connectivity index (χ1n) is 6.61. The summed E-state index contributed by atoms with van der Waals surface area (Å²) in [4.78, 5) is 15.4. The van der Waals surface area contributed by atoms with Crippen LogP contribution in [0.3, 0.4) is 0 Å². The molecule has 0 unspecified atom stereocenters. The van der Waals surface area contributed by atoms with Gasteiger partial charge in [-0.05, 0) is 42.0 Å². The number of ether oxygens (including phenoxy) is 1. The zero-order valence-corrected chi connectivity index (χ0v) is 12.6. The zero-order chi connectivity index (χ0) is 15.5. The SMILES string of the molecule is COc1cccc(/C=N\n2c(=S)[nH]c3ccccc3c2=O)c1. The van der Waals surface area contributed by atoms with Gasteiger partial charge in [0, 0.05) is 0 Å². The first-order chi connectivity index (χ1) is 10.7. The highest BCUT2D eigenvalue weighted by Gasteiger charge is 2.03. The number of rotatable bonds is 3. The molecule has 0 aliphatic rings. The Bertz CT molecular complexity index is 973. The van der Waals surface area contributed by atoms with E-state index in [-0.39, 0.29) is 10.3 Å². The van der Waals surface area contributed by atoms with Gasteiger partial charge < -0.3 is 9.72 Å². The summed E-state index contributed by atoms with van der Waals surface area (Å²) in [6, 6.07) is 14.6. The molecule has 0 amide bonds. The Labute approximate surface area is 131 Å². The van der Waals surface area contributed by atoms with Gasteiger partial charge in [-0.3, -0.25) is 4.79 Å². The largest absolute Gasteiger partial charge is 0.497 e. The van der Waals surface area contributed by atoms with Crippen molar-refractivity contribution < 1.29 is 4.74 Å². The highest BCUT2D eigenvalue weighted by atomic mass is 32.1. The van der Waals surface area contributed by atoms with Gasteiger partial charge in [0.1, 0.15) is 5.75 Å². The van der Waals surface area contributed by atoms with E-state index >= 15 is 0 Å². The maximum absolute atomic E-state index is 12.4. The summed E-state index contributed by atoms with van der Waals surface area (Å²) in [7, 11) is 1.60. The number of aromatic nitrogens is 2. The summed E-state index contributed by atoms with van der Waals surface area (Å²) in [5.74, 6) is 0.722. The van der Waals surface area contributed by atoms with Crippen LogP contribution in [0.1, 0.15) is 5.56 Å². The fourth-order valence-electron chi connectivity index (χ4n) is 2.10. The predicted octanol–water partition coefficient (Wildman–Crippen LogP) is 2.95. The lowest BCUT2D eigenvalue weighted by Gasteiger charge is -2.03. The Balaban J connectivity index is 2.09. The van der Waals surface area contributed by atoms with Crippen LogP contribution < -0.4 is 10.3 Å². The summed E-state index contributed by atoms with van der Waals surface area (Å²) in [5.41, 5.74) is 1.26. The molecule has 22 heavy (non-hydrogen) atoms. The number of hydrogen-bond donors (Lipinski definition) is 1. The monoisotopic (exact) mass is 311 g/mol. The van der Waals surface area contributed by atoms with Crippen LogP contribution in [0.2, 0.25) is 0 Å². The molecule has 3 rings (SSSR count). The van der Waals surface area contributed by atoms with Gasteiger partial charge in [-0.25, -0.2) is 0 Å². The second-order valence-electron chi connectivity index (χ2n) is 4.61. The van der Waals surface area contributed by atoms with Crippen molar-refractivity contribution in [2.75, 3.05) is 7.11 Å². The van der Waals surface area contributed by atoms with E-state index < -0.39 is 0 Å². The molecule has 0 spiro atoms. The van der Waals surface area contributed by atoms with Crippen molar-refractivity contribution >= 4 is 29.3 Å². The predicted molar refractivity (Wildman–Crippen MR) is 89.4 cm³/mol. The van der Waals surface area contributed by atoms with Crippen LogP contribution >= 0.6 is 12.2 Å². The molecule has 1 aromatic heterocycles. The number of nitrogens with one attached hydrogen (secondary N) is 1. The topological polar surface area (TPSA) is 59.4 Å². The van der Waals surface area contributed by atoms with E-state index in [0.717, 1.165) is 11.3 Å². The summed E-state index contributed by atoms with van der Waals surface area (Å²) < 4.78 is 6.59. The van der Waals surface area contributed by atoms with Gasteiger partial charge in [0.25, 0.3) is 5.56 Å². The fraction of sp³-hybridized carbons (Fsp3) is 0.0625. The molecular weight excluding hydrogens is 298 g/mol. The minimum atomic E-state index is -0.251. The van der Waals surface area contributed by atoms with Gasteiger partial charge >= 0.3 is 0 Å². The summed E-state index contributed by atoms with van der Waals surface area (Å²) in [5, 5.41) is 4.73. The number of aromatic amines is 1. The molecule has 6 heteroatoms. The van der Waals surface area contributed by atoms with E-state index in [9.17, 15) is 4.79 Å². The molecule has 0 bridgehead atoms. The van der Waals surface area contributed by atoms with E-state index in [0.29, 0.717) is 10.9 Å². The van der Waals surface area contributed by atoms with E-state index in [1.165, 1.54) is 4.68 Å². The zero-order valence-electron chi connectivity index (χ0n) is 11.8. The molecule has 0 aliphatic heterocycles. The molecular formula is C16H13N3O2S. The van der Waals surface area contributed by atoms with Crippen molar-refractivity contribution in [3.8, 4) is 5.75 Å².